The molecule has 2 aliphatic rings. The third kappa shape index (κ3) is 5.47. The number of aryl methyl sites for hydroxylation is 1. The van der Waals surface area contributed by atoms with Gasteiger partial charge in [-0.15, -0.1) is 5.52 Å². The summed E-state index contributed by atoms with van der Waals surface area (Å²) >= 11 is 0. The number of aromatic nitrogens is 4. The van der Waals surface area contributed by atoms with Crippen molar-refractivity contribution in [1.29, 1.82) is 0 Å². The Kier molecular flexibility index (Phi) is 8.71. The first kappa shape index (κ1) is 28.6. The van der Waals surface area contributed by atoms with Gasteiger partial charge in [-0.2, -0.15) is 0 Å². The number of allylic oxidation sites excluding steroid dienone is 6. The van der Waals surface area contributed by atoms with Gasteiger partial charge in [0.05, 0.1) is 22.8 Å². The smallest absolute Gasteiger partial charge is 0.626 e. The first-order chi connectivity index (χ1) is 17.6. The van der Waals surface area contributed by atoms with Crippen molar-refractivity contribution < 1.29 is 31.4 Å². The van der Waals surface area contributed by atoms with Gasteiger partial charge in [0, 0.05) is 29.5 Å². The minimum absolute atomic E-state index is 0. The zero-order valence-electron chi connectivity index (χ0n) is 21.9. The molecule has 4 rings (SSSR count). The number of carboxylic acids is 1. The van der Waals surface area contributed by atoms with Gasteiger partial charge in [-0.05, 0) is 68.5 Å². The maximum Gasteiger partial charge on any atom is 4.00 e. The van der Waals surface area contributed by atoms with Crippen LogP contribution in [0, 0.1) is 6.92 Å². The van der Waals surface area contributed by atoms with Crippen molar-refractivity contribution in [3.63, 3.8) is 0 Å². The number of aliphatic carboxylic acids is 1. The van der Waals surface area contributed by atoms with Gasteiger partial charge in [-0.25, -0.2) is 9.97 Å². The second-order valence-corrected chi connectivity index (χ2v) is 8.97. The van der Waals surface area contributed by atoms with Crippen LogP contribution >= 0.6 is 0 Å². The van der Waals surface area contributed by atoms with Gasteiger partial charge in [0.15, 0.2) is 0 Å². The van der Waals surface area contributed by atoms with Crippen LogP contribution in [0.2, 0.25) is 0 Å². The summed E-state index contributed by atoms with van der Waals surface area (Å²) in [6, 6.07) is 5.52. The zero-order chi connectivity index (χ0) is 26.9. The molecule has 0 amide bonds. The molecule has 0 aliphatic carbocycles. The van der Waals surface area contributed by atoms with Gasteiger partial charge in [0.1, 0.15) is 0 Å². The number of carbonyl (C=O) groups is 1. The summed E-state index contributed by atoms with van der Waals surface area (Å²) in [4.78, 5) is 30.2. The topological polar surface area (TPSA) is 103 Å². The Balaban J connectivity index is 0.00000400. The van der Waals surface area contributed by atoms with Crippen LogP contribution in [0.4, 0.5) is 0 Å². The maximum absolute atomic E-state index is 11.3. The minimum Gasteiger partial charge on any atom is -0.626 e. The van der Waals surface area contributed by atoms with Crippen molar-refractivity contribution in [2.75, 3.05) is 0 Å². The van der Waals surface area contributed by atoms with Gasteiger partial charge >= 0.3 is 23.0 Å². The first-order valence-electron chi connectivity index (χ1n) is 11.9. The van der Waals surface area contributed by atoms with Crippen LogP contribution in [0.25, 0.3) is 45.2 Å². The van der Waals surface area contributed by atoms with E-state index in [1.165, 1.54) is 0 Å². The van der Waals surface area contributed by atoms with Crippen LogP contribution in [0.3, 0.4) is 0 Å². The molecule has 0 saturated carbocycles. The summed E-state index contributed by atoms with van der Waals surface area (Å²) in [7, 11) is 0. The van der Waals surface area contributed by atoms with Gasteiger partial charge in [0.25, 0.3) is 0 Å². The molecule has 2 aromatic heterocycles. The summed E-state index contributed by atoms with van der Waals surface area (Å²) in [5.74, 6) is -0.444. The Labute approximate surface area is 232 Å². The average molecular weight is 549 g/mol. The number of rotatable bonds is 6. The van der Waals surface area contributed by atoms with Crippen LogP contribution in [-0.2, 0) is 21.9 Å². The van der Waals surface area contributed by atoms with E-state index < -0.39 is 5.97 Å². The summed E-state index contributed by atoms with van der Waals surface area (Å²) in [6.07, 6.45) is 5.47. The number of hydrogen-bond donors (Lipinski definition) is 1. The Morgan fingerprint density at radius 1 is 1.08 bits per heavy atom. The Hall–Kier alpha value is -4.00. The summed E-state index contributed by atoms with van der Waals surface area (Å²) in [6.45, 7) is 19.6. The van der Waals surface area contributed by atoms with Crippen molar-refractivity contribution in [2.45, 2.75) is 40.5 Å². The third-order valence-corrected chi connectivity index (χ3v) is 6.47. The van der Waals surface area contributed by atoms with E-state index in [-0.39, 0.29) is 23.5 Å². The van der Waals surface area contributed by atoms with E-state index >= 15 is 0 Å². The summed E-state index contributed by atoms with van der Waals surface area (Å²) in [5, 5.41) is 9.27. The van der Waals surface area contributed by atoms with Gasteiger partial charge in [-0.1, -0.05) is 43.5 Å². The Bertz CT molecular complexity index is 1600. The zero-order valence-corrected chi connectivity index (χ0v) is 23.0. The van der Waals surface area contributed by atoms with Crippen molar-refractivity contribution in [1.82, 2.24) is 19.9 Å². The van der Waals surface area contributed by atoms with Crippen LogP contribution in [0.5, 0.6) is 0 Å². The molecule has 0 unspecified atom stereocenters. The normalized spacial score (nSPS) is 12.5. The molecule has 0 aromatic carbocycles. The SMILES string of the molecule is C=CC1=C(C)c2nc1cc1nc(ccnc(C(=C)C)cc3[n-]c(o2)c(C=C)c3C)C(CCC(=O)O)=C1C.[Fe+4]. The summed E-state index contributed by atoms with van der Waals surface area (Å²) in [5.41, 5.74) is 9.62. The van der Waals surface area contributed by atoms with Crippen molar-refractivity contribution >= 4 is 51.1 Å². The fourth-order valence-electron chi connectivity index (χ4n) is 4.30. The van der Waals surface area contributed by atoms with E-state index in [9.17, 15) is 9.90 Å². The van der Waals surface area contributed by atoms with Crippen LogP contribution in [0.15, 0.2) is 54.6 Å². The molecule has 0 saturated heterocycles. The van der Waals surface area contributed by atoms with Crippen LogP contribution in [0.1, 0.15) is 73.4 Å². The molecular weight excluding hydrogens is 520 g/mol. The number of hydrogen-bond acceptors (Lipinski definition) is 5. The van der Waals surface area contributed by atoms with Crippen LogP contribution < -0.4 is 4.98 Å². The molecule has 0 radical (unpaired) electrons. The fraction of sp³-hybridized carbons (Fsp3) is 0.200. The second kappa shape index (κ2) is 11.6. The van der Waals surface area contributed by atoms with E-state index in [0.717, 1.165) is 39.0 Å². The molecule has 0 fully saturated rings. The van der Waals surface area contributed by atoms with Gasteiger partial charge < -0.3 is 14.5 Å². The largest absolute Gasteiger partial charge is 4.00 e. The molecule has 38 heavy (non-hydrogen) atoms. The molecule has 0 atom stereocenters. The van der Waals surface area contributed by atoms with Crippen molar-refractivity contribution in [2.24, 2.45) is 0 Å². The molecular formula is C30H29FeN4O3+3. The monoisotopic (exact) mass is 549 g/mol. The second-order valence-electron chi connectivity index (χ2n) is 8.97. The number of fused-ring (bicyclic) bond motifs is 6. The molecule has 7 nitrogen and oxygen atoms in total. The Morgan fingerprint density at radius 3 is 2.45 bits per heavy atom. The van der Waals surface area contributed by atoms with E-state index in [0.29, 0.717) is 46.3 Å². The standard InChI is InChI=1S/C30H30N4O3.Fe/c1-8-20-19(7)29-34-27(20)15-25-18(6)22(10-11-28(35)36)23(32-25)12-13-31-24(16(3)4)14-26-17(5)21(9-2)30(33-26)37-29;/h8-9,12-15H,1-3,10-11H2,4-7H3,(H2,32,33,34,35,36);/q;+4/p-1. The molecule has 6 bridgehead atoms. The molecule has 2 aromatic rings. The van der Waals surface area contributed by atoms with Gasteiger partial charge in [-0.3, -0.25) is 9.78 Å². The molecule has 2 aliphatic heterocycles. The van der Waals surface area contributed by atoms with E-state index in [4.69, 9.17) is 19.4 Å². The average Bonchev–Trinajstić information content (AvgIpc) is 3.42. The van der Waals surface area contributed by atoms with Crippen molar-refractivity contribution in [3.8, 4) is 0 Å². The number of carboxylic acid groups (broad SMARTS) is 1. The first-order valence-corrected chi connectivity index (χ1v) is 11.9. The predicted octanol–water partition coefficient (Wildman–Crippen LogP) is 6.91. The van der Waals surface area contributed by atoms with Crippen LogP contribution in [-0.4, -0.2) is 26.0 Å². The molecule has 1 N–H and O–H groups in total. The Morgan fingerprint density at radius 2 is 1.82 bits per heavy atom. The summed E-state index contributed by atoms with van der Waals surface area (Å²) < 4.78 is 6.22. The van der Waals surface area contributed by atoms with E-state index in [1.54, 1.807) is 24.4 Å². The molecule has 192 valence electrons. The fourth-order valence-corrected chi connectivity index (χ4v) is 4.30. The quantitative estimate of drug-likeness (QED) is 0.391. The van der Waals surface area contributed by atoms with Crippen molar-refractivity contribution in [3.05, 3.63) is 90.0 Å². The van der Waals surface area contributed by atoms with E-state index in [1.807, 2.05) is 39.8 Å². The van der Waals surface area contributed by atoms with E-state index in [2.05, 4.69) is 24.7 Å². The number of nitrogens with zero attached hydrogens (tertiary/aromatic N) is 4. The van der Waals surface area contributed by atoms with Gasteiger partial charge in [0.2, 0.25) is 5.89 Å². The minimum atomic E-state index is -0.864. The molecule has 0 spiro atoms. The third-order valence-electron chi connectivity index (χ3n) is 6.47. The predicted molar refractivity (Wildman–Crippen MR) is 149 cm³/mol. The molecule has 8 heteroatoms. The molecule has 4 heterocycles. The maximum atomic E-state index is 11.3.